The number of hydrogen-bond donors (Lipinski definition) is 2. The molecule has 6 aromatic rings. The van der Waals surface area contributed by atoms with Crippen molar-refractivity contribution in [1.29, 1.82) is 5.26 Å². The first-order chi connectivity index (χ1) is 27.0. The van der Waals surface area contributed by atoms with E-state index in [1.807, 2.05) is 7.05 Å². The fourth-order valence-corrected chi connectivity index (χ4v) is 9.09. The average molecular weight is 713 g/mol. The minimum Gasteiger partial charge on any atom is -0.360 e. The monoisotopic (exact) mass is 712 g/mol. The lowest BCUT2D eigenvalue weighted by Crippen LogP contribution is -2.46. The first-order valence-corrected chi connectivity index (χ1v) is 19.4. The van der Waals surface area contributed by atoms with Crippen molar-refractivity contribution < 1.29 is 0 Å². The number of benzene rings is 6. The summed E-state index contributed by atoms with van der Waals surface area (Å²) in [5, 5.41) is 17.9. The molecule has 9 rings (SSSR count). The molecular formula is C51H44N4. The normalized spacial score (nSPS) is 22.6. The lowest BCUT2D eigenvalue weighted by Gasteiger charge is -2.34. The Labute approximate surface area is 324 Å². The van der Waals surface area contributed by atoms with Gasteiger partial charge < -0.3 is 10.6 Å². The molecule has 2 aliphatic carbocycles. The fraction of sp³-hybridized carbons (Fsp3) is 0.176. The highest BCUT2D eigenvalue weighted by molar-refractivity contribution is 6.02. The molecule has 55 heavy (non-hydrogen) atoms. The SMILES string of the molecule is CNCc1cccc(C2N=C(c3cccc(-c4ccccc4)c3)NC3(C4=CC(c5cccc(-c6cccc(-c7ccccc7)c6)c5)=CC(C#N)C4)C(C)C23)c1. The quantitative estimate of drug-likeness (QED) is 0.157. The van der Waals surface area contributed by atoms with E-state index in [2.05, 4.69) is 194 Å². The Hall–Kier alpha value is -6.28. The summed E-state index contributed by atoms with van der Waals surface area (Å²) in [5.41, 5.74) is 13.8. The second kappa shape index (κ2) is 14.5. The van der Waals surface area contributed by atoms with Crippen molar-refractivity contribution >= 4 is 11.4 Å². The highest BCUT2D eigenvalue weighted by Gasteiger charge is 2.69. The van der Waals surface area contributed by atoms with Crippen LogP contribution in [0.1, 0.15) is 41.6 Å². The number of fused-ring (bicyclic) bond motifs is 1. The molecule has 0 bridgehead atoms. The summed E-state index contributed by atoms with van der Waals surface area (Å²) in [7, 11) is 1.99. The standard InChI is InChI=1S/C51H44N4/c1-34-48-49(44-23-9-13-35(25-44)33-53-2)54-50(45-24-12-19-40(30-45)38-16-7-4-8-17-38)55-51(34,48)47-27-36(32-52)26-46(31-47)43-22-11-21-42(29-43)41-20-10-18-39(28-41)37-14-5-3-6-15-37/h3-26,28-31,34,36,48-49,53H,27,33H2,1-2H3,(H,54,55). The smallest absolute Gasteiger partial charge is 0.129 e. The highest BCUT2D eigenvalue weighted by atomic mass is 15.2. The minimum absolute atomic E-state index is 0.0283. The van der Waals surface area contributed by atoms with Crippen molar-refractivity contribution in [3.63, 3.8) is 0 Å². The van der Waals surface area contributed by atoms with Crippen LogP contribution in [-0.4, -0.2) is 18.4 Å². The molecule has 4 nitrogen and oxygen atoms in total. The van der Waals surface area contributed by atoms with Gasteiger partial charge in [0.1, 0.15) is 5.84 Å². The van der Waals surface area contributed by atoms with Crippen LogP contribution in [0.5, 0.6) is 0 Å². The van der Waals surface area contributed by atoms with Crippen LogP contribution in [0.15, 0.2) is 180 Å². The molecule has 268 valence electrons. The van der Waals surface area contributed by atoms with Crippen molar-refractivity contribution in [3.8, 4) is 39.4 Å². The zero-order valence-electron chi connectivity index (χ0n) is 31.3. The Morgan fingerprint density at radius 3 is 1.85 bits per heavy atom. The molecule has 0 radical (unpaired) electrons. The van der Waals surface area contributed by atoms with Gasteiger partial charge in [-0.25, -0.2) is 0 Å². The van der Waals surface area contributed by atoms with Gasteiger partial charge in [-0.1, -0.05) is 159 Å². The van der Waals surface area contributed by atoms with Gasteiger partial charge in [0.2, 0.25) is 0 Å². The van der Waals surface area contributed by atoms with E-state index in [1.54, 1.807) is 0 Å². The van der Waals surface area contributed by atoms with Crippen LogP contribution in [0.3, 0.4) is 0 Å². The second-order valence-corrected chi connectivity index (χ2v) is 15.2. The van der Waals surface area contributed by atoms with E-state index in [0.29, 0.717) is 12.3 Å². The number of allylic oxidation sites excluding steroid dienone is 3. The Kier molecular flexibility index (Phi) is 9.10. The van der Waals surface area contributed by atoms with Gasteiger partial charge in [-0.3, -0.25) is 4.99 Å². The molecule has 1 fully saturated rings. The van der Waals surface area contributed by atoms with Gasteiger partial charge in [0.05, 0.1) is 23.6 Å². The third-order valence-electron chi connectivity index (χ3n) is 11.9. The van der Waals surface area contributed by atoms with E-state index in [-0.39, 0.29) is 23.4 Å². The number of nitrogens with one attached hydrogen (secondary N) is 2. The van der Waals surface area contributed by atoms with Gasteiger partial charge in [-0.05, 0) is 98.8 Å². The number of hydrogen-bond acceptors (Lipinski definition) is 4. The van der Waals surface area contributed by atoms with Gasteiger partial charge in [-0.2, -0.15) is 5.26 Å². The fourth-order valence-electron chi connectivity index (χ4n) is 9.09. The molecule has 2 N–H and O–H groups in total. The van der Waals surface area contributed by atoms with Gasteiger partial charge >= 0.3 is 0 Å². The predicted molar refractivity (Wildman–Crippen MR) is 226 cm³/mol. The van der Waals surface area contributed by atoms with E-state index in [4.69, 9.17) is 4.99 Å². The maximum Gasteiger partial charge on any atom is 0.129 e. The average Bonchev–Trinajstić information content (AvgIpc) is 3.88. The molecule has 1 heterocycles. The predicted octanol–water partition coefficient (Wildman–Crippen LogP) is 11.1. The maximum atomic E-state index is 10.5. The highest BCUT2D eigenvalue weighted by Crippen LogP contribution is 2.64. The van der Waals surface area contributed by atoms with Crippen molar-refractivity contribution in [2.75, 3.05) is 7.05 Å². The topological polar surface area (TPSA) is 60.2 Å². The van der Waals surface area contributed by atoms with E-state index in [9.17, 15) is 5.26 Å². The van der Waals surface area contributed by atoms with E-state index in [0.717, 1.165) is 40.2 Å². The van der Waals surface area contributed by atoms with Crippen LogP contribution in [-0.2, 0) is 6.54 Å². The molecule has 0 aromatic heterocycles. The van der Waals surface area contributed by atoms with Crippen molar-refractivity contribution in [3.05, 3.63) is 198 Å². The molecular weight excluding hydrogens is 669 g/mol. The Morgan fingerprint density at radius 1 is 0.673 bits per heavy atom. The van der Waals surface area contributed by atoms with Crippen LogP contribution >= 0.6 is 0 Å². The molecule has 0 amide bonds. The summed E-state index contributed by atoms with van der Waals surface area (Å²) in [5.74, 6) is 1.23. The number of nitriles is 1. The molecule has 4 heteroatoms. The number of amidine groups is 1. The zero-order chi connectivity index (χ0) is 37.4. The molecule has 0 spiro atoms. The van der Waals surface area contributed by atoms with Gasteiger partial charge in [0.15, 0.2) is 0 Å². The molecule has 6 aromatic carbocycles. The van der Waals surface area contributed by atoms with Crippen LogP contribution in [0.25, 0.3) is 39.0 Å². The van der Waals surface area contributed by atoms with Crippen LogP contribution in [0, 0.1) is 29.1 Å². The zero-order valence-corrected chi connectivity index (χ0v) is 31.3. The Balaban J connectivity index is 1.11. The van der Waals surface area contributed by atoms with E-state index >= 15 is 0 Å². The Bertz CT molecular complexity index is 2510. The van der Waals surface area contributed by atoms with Gasteiger partial charge in [0.25, 0.3) is 0 Å². The van der Waals surface area contributed by atoms with Gasteiger partial charge in [-0.15, -0.1) is 0 Å². The Morgan fingerprint density at radius 2 is 1.22 bits per heavy atom. The van der Waals surface area contributed by atoms with Gasteiger partial charge in [0, 0.05) is 18.0 Å². The summed E-state index contributed by atoms with van der Waals surface area (Å²) in [6.07, 6.45) is 5.24. The summed E-state index contributed by atoms with van der Waals surface area (Å²) < 4.78 is 0. The second-order valence-electron chi connectivity index (χ2n) is 15.2. The number of nitrogens with zero attached hydrogens (tertiary/aromatic N) is 2. The molecule has 5 atom stereocenters. The van der Waals surface area contributed by atoms with E-state index in [1.165, 1.54) is 39.0 Å². The van der Waals surface area contributed by atoms with Crippen LogP contribution < -0.4 is 10.6 Å². The van der Waals surface area contributed by atoms with Crippen molar-refractivity contribution in [2.45, 2.75) is 31.5 Å². The molecule has 1 aliphatic heterocycles. The van der Waals surface area contributed by atoms with Crippen LogP contribution in [0.2, 0.25) is 0 Å². The summed E-state index contributed by atoms with van der Waals surface area (Å²) in [6, 6.07) is 58.9. The first kappa shape index (κ1) is 34.5. The lowest BCUT2D eigenvalue weighted by atomic mass is 9.81. The largest absolute Gasteiger partial charge is 0.360 e. The number of rotatable bonds is 9. The third kappa shape index (κ3) is 6.52. The molecule has 3 aliphatic rings. The first-order valence-electron chi connectivity index (χ1n) is 19.4. The third-order valence-corrected chi connectivity index (χ3v) is 11.9. The maximum absolute atomic E-state index is 10.5. The minimum atomic E-state index is -0.334. The van der Waals surface area contributed by atoms with Crippen molar-refractivity contribution in [1.82, 2.24) is 10.6 Å². The van der Waals surface area contributed by atoms with Crippen LogP contribution in [0.4, 0.5) is 0 Å². The van der Waals surface area contributed by atoms with Crippen molar-refractivity contribution in [2.24, 2.45) is 22.7 Å². The number of aliphatic imine (C=N–C) groups is 1. The molecule has 5 unspecified atom stereocenters. The van der Waals surface area contributed by atoms with E-state index < -0.39 is 0 Å². The summed E-state index contributed by atoms with van der Waals surface area (Å²) in [6.45, 7) is 3.17. The molecule has 1 saturated carbocycles. The lowest BCUT2D eigenvalue weighted by molar-refractivity contribution is 0.487. The summed E-state index contributed by atoms with van der Waals surface area (Å²) >= 11 is 0. The molecule has 0 saturated heterocycles. The summed E-state index contributed by atoms with van der Waals surface area (Å²) in [4.78, 5) is 5.54.